The number of anilines is 1. The molecule has 1 saturated heterocycles. The Morgan fingerprint density at radius 1 is 1.72 bits per heavy atom. The van der Waals surface area contributed by atoms with Crippen LogP contribution in [-0.2, 0) is 4.79 Å². The maximum absolute atomic E-state index is 12.1. The molecule has 0 radical (unpaired) electrons. The monoisotopic (exact) mass is 266 g/mol. The van der Waals surface area contributed by atoms with Crippen LogP contribution in [0.3, 0.4) is 0 Å². The van der Waals surface area contributed by atoms with Crippen molar-refractivity contribution in [2.45, 2.75) is 19.8 Å². The number of nitrogens with zero attached hydrogens (tertiary/aromatic N) is 3. The molecule has 0 saturated carbocycles. The van der Waals surface area contributed by atoms with Gasteiger partial charge in [-0.15, -0.1) is 10.2 Å². The molecule has 1 aliphatic heterocycles. The minimum Gasteiger partial charge on any atom is -0.300 e. The van der Waals surface area contributed by atoms with Crippen LogP contribution in [0.2, 0.25) is 0 Å². The lowest BCUT2D eigenvalue weighted by Crippen LogP contribution is -2.41. The zero-order valence-electron chi connectivity index (χ0n) is 10.6. The number of hydrogen-bond donors (Lipinski definition) is 1. The summed E-state index contributed by atoms with van der Waals surface area (Å²) < 4.78 is 0. The van der Waals surface area contributed by atoms with Crippen molar-refractivity contribution in [1.29, 1.82) is 0 Å². The fourth-order valence-electron chi connectivity index (χ4n) is 2.23. The molecule has 0 aliphatic carbocycles. The number of carbonyl (C=O) groups is 1. The molecule has 1 aromatic heterocycles. The molecule has 1 aliphatic rings. The van der Waals surface area contributed by atoms with Gasteiger partial charge in [0.25, 0.3) is 0 Å². The van der Waals surface area contributed by atoms with Gasteiger partial charge < -0.3 is 5.32 Å². The summed E-state index contributed by atoms with van der Waals surface area (Å²) in [6, 6.07) is 0. The molecule has 18 heavy (non-hydrogen) atoms. The molecule has 2 heterocycles. The summed E-state index contributed by atoms with van der Waals surface area (Å²) in [4.78, 5) is 14.4. The van der Waals surface area contributed by atoms with Crippen LogP contribution < -0.4 is 5.32 Å². The lowest BCUT2D eigenvalue weighted by Gasteiger charge is -2.31. The maximum Gasteiger partial charge on any atom is 0.230 e. The van der Waals surface area contributed by atoms with E-state index >= 15 is 0 Å². The largest absolute Gasteiger partial charge is 0.300 e. The average molecular weight is 266 g/mol. The van der Waals surface area contributed by atoms with E-state index in [9.17, 15) is 4.79 Å². The number of carbonyl (C=O) groups excluding carboxylic acids is 1. The normalized spacial score (nSPS) is 20.6. The van der Waals surface area contributed by atoms with E-state index in [0.717, 1.165) is 38.0 Å². The standard InChI is InChI=1S/C12H18N4OS/c1-9(2)6-16-5-3-4-10(7-16)11(17)14-12-15-13-8-18-12/h8,10H,1,3-7H2,2H3,(H,14,15,17)/t10-/m1/s1. The van der Waals surface area contributed by atoms with E-state index in [2.05, 4.69) is 27.0 Å². The number of aromatic nitrogens is 2. The second-order valence-electron chi connectivity index (χ2n) is 4.76. The Morgan fingerprint density at radius 3 is 3.22 bits per heavy atom. The summed E-state index contributed by atoms with van der Waals surface area (Å²) in [5.74, 6) is 0.0974. The average Bonchev–Trinajstić information content (AvgIpc) is 2.81. The molecule has 0 spiro atoms. The van der Waals surface area contributed by atoms with E-state index in [-0.39, 0.29) is 11.8 Å². The highest BCUT2D eigenvalue weighted by Gasteiger charge is 2.26. The molecule has 6 heteroatoms. The minimum absolute atomic E-state index is 0.0435. The zero-order valence-corrected chi connectivity index (χ0v) is 11.4. The molecule has 1 amide bonds. The van der Waals surface area contributed by atoms with Crippen molar-refractivity contribution in [2.24, 2.45) is 5.92 Å². The Balaban J connectivity index is 1.88. The van der Waals surface area contributed by atoms with Gasteiger partial charge in [-0.25, -0.2) is 0 Å². The van der Waals surface area contributed by atoms with Crippen molar-refractivity contribution in [3.8, 4) is 0 Å². The number of hydrogen-bond acceptors (Lipinski definition) is 5. The molecule has 1 aromatic rings. The Kier molecular flexibility index (Phi) is 4.43. The molecule has 0 unspecified atom stereocenters. The second kappa shape index (κ2) is 6.06. The molecule has 98 valence electrons. The highest BCUT2D eigenvalue weighted by Crippen LogP contribution is 2.19. The molecular weight excluding hydrogens is 248 g/mol. The van der Waals surface area contributed by atoms with Crippen LogP contribution in [0.1, 0.15) is 19.8 Å². The third-order valence-electron chi connectivity index (χ3n) is 2.96. The summed E-state index contributed by atoms with van der Waals surface area (Å²) in [5.41, 5.74) is 2.75. The molecule has 0 aromatic carbocycles. The van der Waals surface area contributed by atoms with Gasteiger partial charge >= 0.3 is 0 Å². The summed E-state index contributed by atoms with van der Waals surface area (Å²) in [6.45, 7) is 8.67. The Labute approximate surface area is 111 Å². The lowest BCUT2D eigenvalue weighted by atomic mass is 9.97. The molecular formula is C12H18N4OS. The van der Waals surface area contributed by atoms with Gasteiger partial charge in [-0.3, -0.25) is 9.69 Å². The number of piperidine rings is 1. The van der Waals surface area contributed by atoms with Crippen molar-refractivity contribution in [2.75, 3.05) is 25.0 Å². The van der Waals surface area contributed by atoms with E-state index in [0.29, 0.717) is 5.13 Å². The second-order valence-corrected chi connectivity index (χ2v) is 5.60. The third kappa shape index (κ3) is 3.61. The maximum atomic E-state index is 12.1. The number of likely N-dealkylation sites (tertiary alicyclic amines) is 1. The number of nitrogens with one attached hydrogen (secondary N) is 1. The van der Waals surface area contributed by atoms with E-state index in [4.69, 9.17) is 0 Å². The van der Waals surface area contributed by atoms with E-state index in [1.54, 1.807) is 5.51 Å². The van der Waals surface area contributed by atoms with Crippen LogP contribution >= 0.6 is 11.3 Å². The van der Waals surface area contributed by atoms with Gasteiger partial charge in [0, 0.05) is 13.1 Å². The van der Waals surface area contributed by atoms with Crippen molar-refractivity contribution in [3.63, 3.8) is 0 Å². The summed E-state index contributed by atoms with van der Waals surface area (Å²) in [5, 5.41) is 10.9. The minimum atomic E-state index is 0.0435. The quantitative estimate of drug-likeness (QED) is 0.844. The molecule has 1 N–H and O–H groups in total. The van der Waals surface area contributed by atoms with Crippen LogP contribution in [0.15, 0.2) is 17.7 Å². The summed E-state index contributed by atoms with van der Waals surface area (Å²) in [6.07, 6.45) is 2.00. The lowest BCUT2D eigenvalue weighted by molar-refractivity contribution is -0.121. The van der Waals surface area contributed by atoms with Gasteiger partial charge in [0.15, 0.2) is 0 Å². The predicted octanol–water partition coefficient (Wildman–Crippen LogP) is 1.76. The van der Waals surface area contributed by atoms with Gasteiger partial charge in [0.1, 0.15) is 5.51 Å². The van der Waals surface area contributed by atoms with E-state index in [1.807, 2.05) is 6.92 Å². The highest BCUT2D eigenvalue weighted by atomic mass is 32.1. The molecule has 5 nitrogen and oxygen atoms in total. The Bertz CT molecular complexity index is 418. The molecule has 1 atom stereocenters. The van der Waals surface area contributed by atoms with E-state index in [1.165, 1.54) is 11.3 Å². The first kappa shape index (κ1) is 13.2. The predicted molar refractivity (Wildman–Crippen MR) is 72.5 cm³/mol. The summed E-state index contributed by atoms with van der Waals surface area (Å²) >= 11 is 1.34. The van der Waals surface area contributed by atoms with Gasteiger partial charge in [0.2, 0.25) is 11.0 Å². The van der Waals surface area contributed by atoms with Crippen LogP contribution in [0.25, 0.3) is 0 Å². The van der Waals surface area contributed by atoms with Crippen molar-refractivity contribution < 1.29 is 4.79 Å². The van der Waals surface area contributed by atoms with Crippen molar-refractivity contribution in [1.82, 2.24) is 15.1 Å². The van der Waals surface area contributed by atoms with Gasteiger partial charge in [-0.1, -0.05) is 23.5 Å². The fourth-order valence-corrected chi connectivity index (χ4v) is 2.68. The van der Waals surface area contributed by atoms with Crippen molar-refractivity contribution >= 4 is 22.4 Å². The van der Waals surface area contributed by atoms with E-state index < -0.39 is 0 Å². The van der Waals surface area contributed by atoms with Crippen LogP contribution in [0, 0.1) is 5.92 Å². The first-order valence-electron chi connectivity index (χ1n) is 6.09. The SMILES string of the molecule is C=C(C)CN1CCC[C@@H](C(=O)Nc2nncs2)C1. The van der Waals surface area contributed by atoms with Crippen LogP contribution in [0.4, 0.5) is 5.13 Å². The number of rotatable bonds is 4. The van der Waals surface area contributed by atoms with Crippen LogP contribution in [0.5, 0.6) is 0 Å². The summed E-state index contributed by atoms with van der Waals surface area (Å²) in [7, 11) is 0. The first-order valence-corrected chi connectivity index (χ1v) is 6.97. The molecule has 1 fully saturated rings. The van der Waals surface area contributed by atoms with Crippen molar-refractivity contribution in [3.05, 3.63) is 17.7 Å². The topological polar surface area (TPSA) is 58.1 Å². The van der Waals surface area contributed by atoms with Gasteiger partial charge in [-0.2, -0.15) is 0 Å². The highest BCUT2D eigenvalue weighted by molar-refractivity contribution is 7.13. The third-order valence-corrected chi connectivity index (χ3v) is 3.57. The zero-order chi connectivity index (χ0) is 13.0. The fraction of sp³-hybridized carbons (Fsp3) is 0.583. The number of amides is 1. The first-order chi connectivity index (χ1) is 8.65. The molecule has 2 rings (SSSR count). The van der Waals surface area contributed by atoms with Gasteiger partial charge in [-0.05, 0) is 26.3 Å². The Hall–Kier alpha value is -1.27. The Morgan fingerprint density at radius 2 is 2.56 bits per heavy atom. The smallest absolute Gasteiger partial charge is 0.230 e. The molecule has 0 bridgehead atoms. The van der Waals surface area contributed by atoms with Crippen LogP contribution in [-0.4, -0.2) is 40.6 Å². The van der Waals surface area contributed by atoms with Gasteiger partial charge in [0.05, 0.1) is 5.92 Å².